The molecule has 21 heavy (non-hydrogen) atoms. The molecule has 5 nitrogen and oxygen atoms in total. The zero-order valence-corrected chi connectivity index (χ0v) is 13.6. The fourth-order valence-electron chi connectivity index (χ4n) is 1.90. The van der Waals surface area contributed by atoms with Crippen LogP contribution in [0.3, 0.4) is 0 Å². The second kappa shape index (κ2) is 5.67. The molecule has 0 spiro atoms. The molecule has 0 bridgehead atoms. The Morgan fingerprint density at radius 2 is 2.00 bits per heavy atom. The Bertz CT molecular complexity index is 812. The van der Waals surface area contributed by atoms with Gasteiger partial charge in [0, 0.05) is 9.75 Å². The summed E-state index contributed by atoms with van der Waals surface area (Å²) in [5.41, 5.74) is -0.328. The zero-order valence-electron chi connectivity index (χ0n) is 11.2. The van der Waals surface area contributed by atoms with Crippen molar-refractivity contribution in [3.8, 4) is 0 Å². The number of rotatable bonds is 4. The number of aromatic carboxylic acids is 1. The molecule has 0 fully saturated rings. The number of benzene rings is 1. The summed E-state index contributed by atoms with van der Waals surface area (Å²) in [5.74, 6) is -1.29. The van der Waals surface area contributed by atoms with Crippen molar-refractivity contribution < 1.29 is 18.3 Å². The number of aryl methyl sites for hydroxylation is 2. The van der Waals surface area contributed by atoms with E-state index in [-0.39, 0.29) is 21.2 Å². The maximum absolute atomic E-state index is 12.4. The Hall–Kier alpha value is -1.57. The first-order chi connectivity index (χ1) is 9.72. The topological polar surface area (TPSA) is 83.5 Å². The lowest BCUT2D eigenvalue weighted by Gasteiger charge is -2.11. The number of nitrogens with one attached hydrogen (secondary N) is 1. The minimum atomic E-state index is -3.86. The van der Waals surface area contributed by atoms with E-state index in [1.807, 2.05) is 0 Å². The van der Waals surface area contributed by atoms with Crippen LogP contribution in [0.15, 0.2) is 29.2 Å². The summed E-state index contributed by atoms with van der Waals surface area (Å²) in [7, 11) is -3.86. The lowest BCUT2D eigenvalue weighted by molar-refractivity contribution is 0.0698. The normalized spacial score (nSPS) is 11.4. The van der Waals surface area contributed by atoms with E-state index >= 15 is 0 Å². The molecule has 1 aromatic carbocycles. The van der Waals surface area contributed by atoms with Crippen LogP contribution in [0.5, 0.6) is 0 Å². The Morgan fingerprint density at radius 1 is 1.33 bits per heavy atom. The Kier molecular flexibility index (Phi) is 4.27. The lowest BCUT2D eigenvalue weighted by Crippen LogP contribution is -2.16. The summed E-state index contributed by atoms with van der Waals surface area (Å²) in [5, 5.41) is 9.13. The molecule has 1 heterocycles. The number of thiophene rings is 1. The van der Waals surface area contributed by atoms with Crippen LogP contribution in [-0.4, -0.2) is 19.5 Å². The van der Waals surface area contributed by atoms with Gasteiger partial charge < -0.3 is 5.11 Å². The molecule has 0 aliphatic heterocycles. The fraction of sp³-hybridized carbons (Fsp3) is 0.154. The van der Waals surface area contributed by atoms with Crippen LogP contribution < -0.4 is 4.72 Å². The molecule has 1 aromatic heterocycles. The third kappa shape index (κ3) is 3.20. The average molecular weight is 346 g/mol. The van der Waals surface area contributed by atoms with E-state index < -0.39 is 16.0 Å². The van der Waals surface area contributed by atoms with Crippen LogP contribution in [0.2, 0.25) is 5.02 Å². The van der Waals surface area contributed by atoms with E-state index in [1.54, 1.807) is 19.9 Å². The van der Waals surface area contributed by atoms with Gasteiger partial charge in [-0.3, -0.25) is 4.72 Å². The van der Waals surface area contributed by atoms with E-state index in [2.05, 4.69) is 4.72 Å². The minimum absolute atomic E-state index is 0.0269. The average Bonchev–Trinajstić information content (AvgIpc) is 2.68. The van der Waals surface area contributed by atoms with Crippen molar-refractivity contribution in [3.05, 3.63) is 44.6 Å². The largest absolute Gasteiger partial charge is 0.478 e. The van der Waals surface area contributed by atoms with Crippen LogP contribution >= 0.6 is 22.9 Å². The van der Waals surface area contributed by atoms with Crippen molar-refractivity contribution >= 4 is 44.6 Å². The molecule has 8 heteroatoms. The molecule has 0 saturated heterocycles. The first kappa shape index (κ1) is 15.8. The van der Waals surface area contributed by atoms with E-state index in [0.717, 1.165) is 4.88 Å². The Balaban J connectivity index is 2.50. The molecule has 0 radical (unpaired) electrons. The predicted octanol–water partition coefficient (Wildman–Crippen LogP) is 3.52. The van der Waals surface area contributed by atoms with Gasteiger partial charge in [0.05, 0.1) is 10.7 Å². The van der Waals surface area contributed by atoms with Gasteiger partial charge >= 0.3 is 5.97 Å². The third-order valence-electron chi connectivity index (χ3n) is 2.76. The van der Waals surface area contributed by atoms with Crippen molar-refractivity contribution in [1.82, 2.24) is 0 Å². The highest BCUT2D eigenvalue weighted by molar-refractivity contribution is 7.93. The quantitative estimate of drug-likeness (QED) is 0.888. The highest BCUT2D eigenvalue weighted by Gasteiger charge is 2.23. The standard InChI is InChI=1S/C13H12ClNO4S2/c1-7-6-11(8(2)20-7)21(18,19)15-10-5-3-4-9(14)12(10)13(16)17/h3-6,15H,1-2H3,(H,16,17). The van der Waals surface area contributed by atoms with Gasteiger partial charge in [-0.15, -0.1) is 11.3 Å². The summed E-state index contributed by atoms with van der Waals surface area (Å²) in [6.45, 7) is 3.50. The number of anilines is 1. The van der Waals surface area contributed by atoms with Gasteiger partial charge in [0.2, 0.25) is 0 Å². The highest BCUT2D eigenvalue weighted by atomic mass is 35.5. The smallest absolute Gasteiger partial charge is 0.339 e. The van der Waals surface area contributed by atoms with E-state index in [4.69, 9.17) is 16.7 Å². The summed E-state index contributed by atoms with van der Waals surface area (Å²) < 4.78 is 27.1. The number of carboxylic acids is 1. The highest BCUT2D eigenvalue weighted by Crippen LogP contribution is 2.30. The first-order valence-electron chi connectivity index (χ1n) is 5.84. The minimum Gasteiger partial charge on any atom is -0.478 e. The summed E-state index contributed by atoms with van der Waals surface area (Å²) in [6.07, 6.45) is 0. The van der Waals surface area contributed by atoms with Crippen LogP contribution in [-0.2, 0) is 10.0 Å². The maximum atomic E-state index is 12.4. The molecular formula is C13H12ClNO4S2. The van der Waals surface area contributed by atoms with Gasteiger partial charge in [-0.1, -0.05) is 17.7 Å². The van der Waals surface area contributed by atoms with Crippen molar-refractivity contribution in [1.29, 1.82) is 0 Å². The number of carboxylic acid groups (broad SMARTS) is 1. The number of carbonyl (C=O) groups is 1. The van der Waals surface area contributed by atoms with E-state index in [9.17, 15) is 13.2 Å². The SMILES string of the molecule is Cc1cc(S(=O)(=O)Nc2cccc(Cl)c2C(=O)O)c(C)s1. The molecule has 2 aromatic rings. The number of halogens is 1. The predicted molar refractivity (Wildman–Crippen MR) is 83.0 cm³/mol. The molecule has 2 N–H and O–H groups in total. The van der Waals surface area contributed by atoms with Gasteiger partial charge in [0.1, 0.15) is 10.5 Å². The van der Waals surface area contributed by atoms with Crippen molar-refractivity contribution in [2.45, 2.75) is 18.7 Å². The van der Waals surface area contributed by atoms with Crippen LogP contribution in [0.1, 0.15) is 20.1 Å². The fourth-order valence-corrected chi connectivity index (χ4v) is 4.78. The van der Waals surface area contributed by atoms with Crippen LogP contribution in [0.25, 0.3) is 0 Å². The van der Waals surface area contributed by atoms with Gasteiger partial charge in [0.25, 0.3) is 10.0 Å². The second-order valence-corrected chi connectivity index (χ2v) is 7.87. The summed E-state index contributed by atoms with van der Waals surface area (Å²) in [4.78, 5) is 12.9. The molecule has 0 atom stereocenters. The summed E-state index contributed by atoms with van der Waals surface area (Å²) in [6, 6.07) is 5.79. The second-order valence-electron chi connectivity index (χ2n) is 4.35. The maximum Gasteiger partial charge on any atom is 0.339 e. The van der Waals surface area contributed by atoms with E-state index in [0.29, 0.717) is 4.88 Å². The van der Waals surface area contributed by atoms with Gasteiger partial charge in [-0.05, 0) is 32.0 Å². The van der Waals surface area contributed by atoms with Gasteiger partial charge in [-0.25, -0.2) is 13.2 Å². The van der Waals surface area contributed by atoms with Crippen LogP contribution in [0, 0.1) is 13.8 Å². The lowest BCUT2D eigenvalue weighted by atomic mass is 10.2. The molecule has 0 unspecified atom stereocenters. The molecule has 0 aliphatic rings. The third-order valence-corrected chi connectivity index (χ3v) is 5.66. The van der Waals surface area contributed by atoms with Crippen LogP contribution in [0.4, 0.5) is 5.69 Å². The molecular weight excluding hydrogens is 334 g/mol. The van der Waals surface area contributed by atoms with E-state index in [1.165, 1.54) is 29.5 Å². The molecule has 112 valence electrons. The van der Waals surface area contributed by atoms with Gasteiger partial charge in [0.15, 0.2) is 0 Å². The van der Waals surface area contributed by atoms with Gasteiger partial charge in [-0.2, -0.15) is 0 Å². The number of sulfonamides is 1. The number of hydrogen-bond acceptors (Lipinski definition) is 4. The molecule has 0 aliphatic carbocycles. The van der Waals surface area contributed by atoms with Crippen molar-refractivity contribution in [2.75, 3.05) is 4.72 Å². The zero-order chi connectivity index (χ0) is 15.8. The first-order valence-corrected chi connectivity index (χ1v) is 8.52. The Morgan fingerprint density at radius 3 is 2.52 bits per heavy atom. The molecule has 0 saturated carbocycles. The van der Waals surface area contributed by atoms with Crippen molar-refractivity contribution in [3.63, 3.8) is 0 Å². The number of hydrogen-bond donors (Lipinski definition) is 2. The van der Waals surface area contributed by atoms with Crippen molar-refractivity contribution in [2.24, 2.45) is 0 Å². The molecule has 0 amide bonds. The summed E-state index contributed by atoms with van der Waals surface area (Å²) >= 11 is 7.18. The monoisotopic (exact) mass is 345 g/mol. The Labute approximate surface area is 131 Å². The molecule has 2 rings (SSSR count).